The molecular formula is C71H46N4S2. The first kappa shape index (κ1) is 45.2. The number of aromatic nitrogens is 4. The van der Waals surface area contributed by atoms with Crippen molar-refractivity contribution in [1.82, 2.24) is 19.9 Å². The molecule has 0 atom stereocenters. The summed E-state index contributed by atoms with van der Waals surface area (Å²) >= 11 is 3.78. The van der Waals surface area contributed by atoms with Gasteiger partial charge in [-0.3, -0.25) is 19.9 Å². The fourth-order valence-electron chi connectivity index (χ4n) is 11.8. The van der Waals surface area contributed by atoms with E-state index in [1.165, 1.54) is 123 Å². The Labute approximate surface area is 452 Å². The zero-order valence-electron chi connectivity index (χ0n) is 42.5. The molecule has 0 saturated heterocycles. The topological polar surface area (TPSA) is 51.6 Å². The Morgan fingerprint density at radius 3 is 1.17 bits per heavy atom. The molecule has 16 rings (SSSR count). The number of fused-ring (bicyclic) bond motifs is 18. The highest BCUT2D eigenvalue weighted by molar-refractivity contribution is 7.26. The van der Waals surface area contributed by atoms with Crippen LogP contribution in [0, 0.1) is 20.8 Å². The molecule has 0 aliphatic rings. The second kappa shape index (κ2) is 18.0. The molecule has 0 N–H and O–H groups in total. The van der Waals surface area contributed by atoms with Gasteiger partial charge in [-0.05, 0) is 146 Å². The van der Waals surface area contributed by atoms with Crippen molar-refractivity contribution in [2.45, 2.75) is 20.8 Å². The molecule has 0 amide bonds. The van der Waals surface area contributed by atoms with Gasteiger partial charge in [0.2, 0.25) is 0 Å². The lowest BCUT2D eigenvalue weighted by molar-refractivity contribution is 1.31. The second-order valence-corrected chi connectivity index (χ2v) is 22.4. The number of hydrogen-bond donors (Lipinski definition) is 0. The van der Waals surface area contributed by atoms with E-state index in [-0.39, 0.29) is 0 Å². The lowest BCUT2D eigenvalue weighted by Crippen LogP contribution is -1.89. The first-order chi connectivity index (χ1) is 37.9. The van der Waals surface area contributed by atoms with Gasteiger partial charge < -0.3 is 0 Å². The SMILES string of the molecule is Cc1ccc2sc3ccc(-c4ccc(-c5ccc6c(c5)c5ccccc5c5nccnc65)cc4)cc3c2c1.Cc1cccc2c1sc1c(C)cc(-c3ccc(-c4ccc5c(c4)c4ccccc4c4nccnc54)cc3)cc12. The minimum atomic E-state index is 0.953. The average molecular weight is 1020 g/mol. The number of rotatable bonds is 4. The number of aryl methyl sites for hydroxylation is 3. The van der Waals surface area contributed by atoms with E-state index >= 15 is 0 Å². The number of benzene rings is 12. The van der Waals surface area contributed by atoms with Gasteiger partial charge in [-0.15, -0.1) is 22.7 Å². The number of thiophene rings is 2. The van der Waals surface area contributed by atoms with E-state index in [1.54, 1.807) is 24.8 Å². The van der Waals surface area contributed by atoms with Crippen LogP contribution in [0.1, 0.15) is 16.7 Å². The molecule has 16 aromatic rings. The molecular weight excluding hydrogens is 973 g/mol. The monoisotopic (exact) mass is 1020 g/mol. The normalized spacial score (nSPS) is 11.8. The highest BCUT2D eigenvalue weighted by Gasteiger charge is 2.16. The maximum Gasteiger partial charge on any atom is 0.0971 e. The van der Waals surface area contributed by atoms with E-state index in [4.69, 9.17) is 4.98 Å². The van der Waals surface area contributed by atoms with E-state index in [1.807, 2.05) is 22.7 Å². The third-order valence-electron chi connectivity index (χ3n) is 15.6. The van der Waals surface area contributed by atoms with Crippen molar-refractivity contribution < 1.29 is 0 Å². The van der Waals surface area contributed by atoms with Crippen molar-refractivity contribution in [2.24, 2.45) is 0 Å². The summed E-state index contributed by atoms with van der Waals surface area (Å²) in [5.74, 6) is 0. The van der Waals surface area contributed by atoms with Gasteiger partial charge in [0.05, 0.1) is 22.1 Å². The second-order valence-electron chi connectivity index (χ2n) is 20.3. The maximum absolute atomic E-state index is 4.69. The number of hydrogen-bond acceptors (Lipinski definition) is 6. The summed E-state index contributed by atoms with van der Waals surface area (Å²) < 4.78 is 5.47. The Morgan fingerprint density at radius 2 is 0.636 bits per heavy atom. The van der Waals surface area contributed by atoms with Gasteiger partial charge in [0.25, 0.3) is 0 Å². The number of nitrogens with zero attached hydrogens (tertiary/aromatic N) is 4. The summed E-state index contributed by atoms with van der Waals surface area (Å²) in [5, 5.41) is 14.8. The van der Waals surface area contributed by atoms with Gasteiger partial charge in [0.1, 0.15) is 0 Å². The smallest absolute Gasteiger partial charge is 0.0971 e. The molecule has 0 spiro atoms. The van der Waals surface area contributed by atoms with Crippen LogP contribution in [0.5, 0.6) is 0 Å². The summed E-state index contributed by atoms with van der Waals surface area (Å²) in [6.07, 6.45) is 7.11. The Balaban J connectivity index is 0.000000134. The minimum absolute atomic E-state index is 0.953. The predicted molar refractivity (Wildman–Crippen MR) is 331 cm³/mol. The Kier molecular flexibility index (Phi) is 10.6. The highest BCUT2D eigenvalue weighted by atomic mass is 32.1. The van der Waals surface area contributed by atoms with Crippen molar-refractivity contribution >= 4 is 128 Å². The van der Waals surface area contributed by atoms with E-state index in [0.29, 0.717) is 0 Å². The minimum Gasteiger partial charge on any atom is -0.252 e. The van der Waals surface area contributed by atoms with Gasteiger partial charge >= 0.3 is 0 Å². The van der Waals surface area contributed by atoms with Crippen molar-refractivity contribution in [3.05, 3.63) is 242 Å². The summed E-state index contributed by atoms with van der Waals surface area (Å²) in [7, 11) is 0. The lowest BCUT2D eigenvalue weighted by atomic mass is 9.94. The quantitative estimate of drug-likeness (QED) is 0.165. The zero-order chi connectivity index (χ0) is 51.3. The molecule has 4 aromatic heterocycles. The summed E-state index contributed by atoms with van der Waals surface area (Å²) in [6.45, 7) is 6.60. The molecule has 362 valence electrons. The third kappa shape index (κ3) is 7.55. The van der Waals surface area contributed by atoms with Crippen LogP contribution in [0.15, 0.2) is 225 Å². The van der Waals surface area contributed by atoms with Crippen LogP contribution < -0.4 is 0 Å². The van der Waals surface area contributed by atoms with E-state index < -0.39 is 0 Å². The molecule has 0 unspecified atom stereocenters. The van der Waals surface area contributed by atoms with Gasteiger partial charge in [0, 0.05) is 86.7 Å². The molecule has 0 aliphatic heterocycles. The summed E-state index contributed by atoms with van der Waals surface area (Å²) in [4.78, 5) is 18.7. The molecule has 0 radical (unpaired) electrons. The molecule has 6 heteroatoms. The Hall–Kier alpha value is -9.20. The summed E-state index contributed by atoms with van der Waals surface area (Å²) in [5.41, 5.74) is 17.6. The van der Waals surface area contributed by atoms with Crippen LogP contribution in [-0.2, 0) is 0 Å². The first-order valence-corrected chi connectivity index (χ1v) is 27.7. The molecule has 12 aromatic carbocycles. The van der Waals surface area contributed by atoms with E-state index in [0.717, 1.165) is 43.6 Å². The lowest BCUT2D eigenvalue weighted by Gasteiger charge is -2.11. The largest absolute Gasteiger partial charge is 0.252 e. The zero-order valence-corrected chi connectivity index (χ0v) is 44.1. The van der Waals surface area contributed by atoms with Gasteiger partial charge in [-0.25, -0.2) is 0 Å². The standard InChI is InChI=1S/C36H24N2S.C35H22N2S/c1-21-6-5-9-30-32-20-26(18-22(2)36(32)39-35(21)30)24-12-10-23(11-13-24)25-14-15-29-31(19-25)27-7-3-4-8-28(27)33-34(29)38-17-16-37-33;1-21-6-14-32-30(18-21)31-20-25(12-15-33(31)38-32)23-9-7-22(8-10-23)24-11-13-28-29(19-24)26-4-2-3-5-27(26)34-35(28)37-17-16-36-34/h3-20H,1-2H3;2-20H,1H3. The van der Waals surface area contributed by atoms with Crippen molar-refractivity contribution in [3.8, 4) is 44.5 Å². The van der Waals surface area contributed by atoms with Gasteiger partial charge in [-0.2, -0.15) is 0 Å². The third-order valence-corrected chi connectivity index (χ3v) is 18.2. The Morgan fingerprint density at radius 1 is 0.247 bits per heavy atom. The molecule has 4 nitrogen and oxygen atoms in total. The molecule has 0 saturated carbocycles. The van der Waals surface area contributed by atoms with Crippen LogP contribution in [0.3, 0.4) is 0 Å². The van der Waals surface area contributed by atoms with Crippen molar-refractivity contribution in [1.29, 1.82) is 0 Å². The maximum atomic E-state index is 4.69. The van der Waals surface area contributed by atoms with Crippen molar-refractivity contribution in [3.63, 3.8) is 0 Å². The van der Waals surface area contributed by atoms with Crippen LogP contribution in [-0.4, -0.2) is 19.9 Å². The molecule has 77 heavy (non-hydrogen) atoms. The van der Waals surface area contributed by atoms with E-state index in [2.05, 4.69) is 236 Å². The molecule has 0 bridgehead atoms. The first-order valence-electron chi connectivity index (χ1n) is 26.1. The predicted octanol–water partition coefficient (Wildman–Crippen LogP) is 20.2. The van der Waals surface area contributed by atoms with E-state index in [9.17, 15) is 0 Å². The van der Waals surface area contributed by atoms with Crippen molar-refractivity contribution in [2.75, 3.05) is 0 Å². The van der Waals surface area contributed by atoms with Crippen LogP contribution in [0.2, 0.25) is 0 Å². The highest BCUT2D eigenvalue weighted by Crippen LogP contribution is 2.43. The summed E-state index contributed by atoms with van der Waals surface area (Å²) in [6, 6.07) is 73.3. The van der Waals surface area contributed by atoms with Crippen LogP contribution in [0.25, 0.3) is 150 Å². The fraction of sp³-hybridized carbons (Fsp3) is 0.0423. The fourth-order valence-corrected chi connectivity index (χ4v) is 14.1. The van der Waals surface area contributed by atoms with Gasteiger partial charge in [0.15, 0.2) is 0 Å². The van der Waals surface area contributed by atoms with Gasteiger partial charge in [-0.1, -0.05) is 157 Å². The van der Waals surface area contributed by atoms with Crippen LogP contribution in [0.4, 0.5) is 0 Å². The Bertz CT molecular complexity index is 5000. The van der Waals surface area contributed by atoms with Crippen LogP contribution >= 0.6 is 22.7 Å². The molecule has 4 heterocycles. The molecule has 0 fully saturated rings. The average Bonchev–Trinajstić information content (AvgIpc) is 4.11. The molecule has 0 aliphatic carbocycles.